The molecule has 1 aromatic heterocycles. The first-order valence-electron chi connectivity index (χ1n) is 8.69. The van der Waals surface area contributed by atoms with Gasteiger partial charge in [-0.15, -0.1) is 0 Å². The summed E-state index contributed by atoms with van der Waals surface area (Å²) in [5.74, 6) is 0.798. The van der Waals surface area contributed by atoms with E-state index in [4.69, 9.17) is 15.2 Å². The normalized spacial score (nSPS) is 14.6. The number of aromatic nitrogens is 1. The molecule has 0 unspecified atom stereocenters. The van der Waals surface area contributed by atoms with E-state index in [9.17, 15) is 5.26 Å². The lowest BCUT2D eigenvalue weighted by Crippen LogP contribution is -2.35. The number of ether oxygens (including phenoxy) is 2. The first kappa shape index (κ1) is 18.0. The molecule has 0 saturated carbocycles. The van der Waals surface area contributed by atoms with Crippen molar-refractivity contribution >= 4 is 17.2 Å². The Labute approximate surface area is 153 Å². The van der Waals surface area contributed by atoms with Crippen LogP contribution in [0.15, 0.2) is 30.3 Å². The third kappa shape index (κ3) is 4.42. The van der Waals surface area contributed by atoms with Crippen LogP contribution in [0.3, 0.4) is 0 Å². The maximum Gasteiger partial charge on any atom is 0.235 e. The van der Waals surface area contributed by atoms with Crippen LogP contribution in [-0.2, 0) is 11.3 Å². The fourth-order valence-electron chi connectivity index (χ4n) is 2.82. The van der Waals surface area contributed by atoms with E-state index >= 15 is 0 Å². The van der Waals surface area contributed by atoms with E-state index in [1.165, 1.54) is 5.56 Å². The summed E-state index contributed by atoms with van der Waals surface area (Å²) in [5.41, 5.74) is 8.70. The van der Waals surface area contributed by atoms with E-state index in [0.29, 0.717) is 18.1 Å². The zero-order valence-corrected chi connectivity index (χ0v) is 14.9. The minimum atomic E-state index is 0.251. The number of hydrogen-bond donors (Lipinski definition) is 2. The zero-order valence-electron chi connectivity index (χ0n) is 14.9. The van der Waals surface area contributed by atoms with Gasteiger partial charge in [0.2, 0.25) is 5.88 Å². The standard InChI is InChI=1S/C19H23N5O2/c1-2-26-19-16(12-20)17(21)11-18(23-19)22-15-5-3-14(4-6-15)13-24-7-9-25-10-8-24/h3-6,11H,2,7-10,13H2,1H3,(H3,21,22,23). The molecule has 0 radical (unpaired) electrons. The number of hydrogen-bond acceptors (Lipinski definition) is 7. The molecule has 3 N–H and O–H groups in total. The van der Waals surface area contributed by atoms with Crippen LogP contribution in [0.5, 0.6) is 5.88 Å². The summed E-state index contributed by atoms with van der Waals surface area (Å²) in [6.07, 6.45) is 0. The Morgan fingerprint density at radius 1 is 1.31 bits per heavy atom. The number of morpholine rings is 1. The van der Waals surface area contributed by atoms with Gasteiger partial charge in [0.1, 0.15) is 17.5 Å². The Bertz CT molecular complexity index is 780. The maximum atomic E-state index is 9.19. The highest BCUT2D eigenvalue weighted by atomic mass is 16.5. The number of nitrogens with one attached hydrogen (secondary N) is 1. The van der Waals surface area contributed by atoms with Crippen molar-refractivity contribution in [2.75, 3.05) is 44.0 Å². The van der Waals surface area contributed by atoms with Crippen LogP contribution in [0.4, 0.5) is 17.2 Å². The lowest BCUT2D eigenvalue weighted by Gasteiger charge is -2.26. The molecule has 0 spiro atoms. The van der Waals surface area contributed by atoms with Gasteiger partial charge in [0, 0.05) is 31.4 Å². The SMILES string of the molecule is CCOc1nc(Nc2ccc(CN3CCOCC3)cc2)cc(N)c1C#N. The second-order valence-electron chi connectivity index (χ2n) is 6.03. The van der Waals surface area contributed by atoms with Gasteiger partial charge in [-0.2, -0.15) is 10.2 Å². The van der Waals surface area contributed by atoms with Crippen LogP contribution in [0.1, 0.15) is 18.1 Å². The van der Waals surface area contributed by atoms with Crippen LogP contribution in [0.25, 0.3) is 0 Å². The van der Waals surface area contributed by atoms with Gasteiger partial charge in [-0.1, -0.05) is 12.1 Å². The lowest BCUT2D eigenvalue weighted by atomic mass is 10.2. The largest absolute Gasteiger partial charge is 0.477 e. The molecule has 7 nitrogen and oxygen atoms in total. The Hall–Kier alpha value is -2.82. The minimum absolute atomic E-state index is 0.251. The van der Waals surface area contributed by atoms with Gasteiger partial charge in [0.05, 0.1) is 25.5 Å². The van der Waals surface area contributed by atoms with E-state index < -0.39 is 0 Å². The van der Waals surface area contributed by atoms with Gasteiger partial charge in [0.15, 0.2) is 0 Å². The summed E-state index contributed by atoms with van der Waals surface area (Å²) >= 11 is 0. The minimum Gasteiger partial charge on any atom is -0.477 e. The summed E-state index contributed by atoms with van der Waals surface area (Å²) in [6, 6.07) is 11.9. The highest BCUT2D eigenvalue weighted by Gasteiger charge is 2.13. The molecule has 0 atom stereocenters. The zero-order chi connectivity index (χ0) is 18.4. The average Bonchev–Trinajstić information content (AvgIpc) is 2.64. The molecule has 0 amide bonds. The molecule has 7 heteroatoms. The van der Waals surface area contributed by atoms with Crippen molar-refractivity contribution in [1.29, 1.82) is 5.26 Å². The number of pyridine rings is 1. The summed E-state index contributed by atoms with van der Waals surface area (Å²) in [5, 5.41) is 12.4. The van der Waals surface area contributed by atoms with Crippen LogP contribution < -0.4 is 15.8 Å². The van der Waals surface area contributed by atoms with Gasteiger partial charge in [0.25, 0.3) is 0 Å². The van der Waals surface area contributed by atoms with Crippen molar-refractivity contribution < 1.29 is 9.47 Å². The van der Waals surface area contributed by atoms with Crippen molar-refractivity contribution in [2.45, 2.75) is 13.5 Å². The van der Waals surface area contributed by atoms with E-state index in [1.54, 1.807) is 6.07 Å². The molecule has 0 aliphatic carbocycles. The maximum absolute atomic E-state index is 9.19. The molecule has 0 bridgehead atoms. The van der Waals surface area contributed by atoms with Crippen molar-refractivity contribution in [2.24, 2.45) is 0 Å². The third-order valence-electron chi connectivity index (χ3n) is 4.15. The molecule has 1 fully saturated rings. The van der Waals surface area contributed by atoms with Gasteiger partial charge in [-0.25, -0.2) is 0 Å². The first-order valence-corrected chi connectivity index (χ1v) is 8.69. The van der Waals surface area contributed by atoms with Gasteiger partial charge in [-0.05, 0) is 24.6 Å². The van der Waals surface area contributed by atoms with Crippen molar-refractivity contribution in [3.63, 3.8) is 0 Å². The monoisotopic (exact) mass is 353 g/mol. The number of anilines is 3. The smallest absolute Gasteiger partial charge is 0.235 e. The highest BCUT2D eigenvalue weighted by Crippen LogP contribution is 2.27. The predicted octanol–water partition coefficient (Wildman–Crippen LogP) is 2.51. The highest BCUT2D eigenvalue weighted by molar-refractivity contribution is 5.67. The van der Waals surface area contributed by atoms with Crippen LogP contribution in [-0.4, -0.2) is 42.8 Å². The van der Waals surface area contributed by atoms with E-state index in [2.05, 4.69) is 27.3 Å². The molecule has 1 aromatic carbocycles. The molecule has 1 aliphatic heterocycles. The van der Waals surface area contributed by atoms with Crippen molar-refractivity contribution in [3.8, 4) is 11.9 Å². The Morgan fingerprint density at radius 2 is 2.04 bits per heavy atom. The number of benzene rings is 1. The van der Waals surface area contributed by atoms with Crippen LogP contribution in [0.2, 0.25) is 0 Å². The van der Waals surface area contributed by atoms with Crippen LogP contribution in [0, 0.1) is 11.3 Å². The number of rotatable bonds is 6. The topological polar surface area (TPSA) is 96.4 Å². The summed E-state index contributed by atoms with van der Waals surface area (Å²) in [4.78, 5) is 6.73. The van der Waals surface area contributed by atoms with Crippen molar-refractivity contribution in [1.82, 2.24) is 9.88 Å². The Balaban J connectivity index is 1.69. The van der Waals surface area contributed by atoms with Gasteiger partial charge >= 0.3 is 0 Å². The molecule has 1 saturated heterocycles. The molecule has 2 aromatic rings. The molecule has 136 valence electrons. The molecule has 3 rings (SSSR count). The average molecular weight is 353 g/mol. The van der Waals surface area contributed by atoms with E-state index in [0.717, 1.165) is 38.5 Å². The second kappa shape index (κ2) is 8.52. The second-order valence-corrected chi connectivity index (χ2v) is 6.03. The Kier molecular flexibility index (Phi) is 5.89. The quantitative estimate of drug-likeness (QED) is 0.823. The molecular weight excluding hydrogens is 330 g/mol. The Morgan fingerprint density at radius 3 is 2.69 bits per heavy atom. The summed E-state index contributed by atoms with van der Waals surface area (Å²) in [6.45, 7) is 6.71. The number of nitrogen functional groups attached to an aromatic ring is 1. The first-order chi connectivity index (χ1) is 12.7. The fourth-order valence-corrected chi connectivity index (χ4v) is 2.82. The number of nitriles is 1. The van der Waals surface area contributed by atoms with Gasteiger partial charge < -0.3 is 20.5 Å². The third-order valence-corrected chi connectivity index (χ3v) is 4.15. The van der Waals surface area contributed by atoms with Crippen molar-refractivity contribution in [3.05, 3.63) is 41.5 Å². The van der Waals surface area contributed by atoms with Gasteiger partial charge in [-0.3, -0.25) is 4.90 Å². The van der Waals surface area contributed by atoms with E-state index in [-0.39, 0.29) is 11.4 Å². The van der Waals surface area contributed by atoms with Crippen LogP contribution >= 0.6 is 0 Å². The summed E-state index contributed by atoms with van der Waals surface area (Å²) in [7, 11) is 0. The number of nitrogens with two attached hydrogens (primary N) is 1. The molecule has 26 heavy (non-hydrogen) atoms. The molecular formula is C19H23N5O2. The fraction of sp³-hybridized carbons (Fsp3) is 0.368. The molecule has 2 heterocycles. The molecule has 1 aliphatic rings. The number of nitrogens with zero attached hydrogens (tertiary/aromatic N) is 3. The predicted molar refractivity (Wildman–Crippen MR) is 100 cm³/mol. The summed E-state index contributed by atoms with van der Waals surface area (Å²) < 4.78 is 10.8. The van der Waals surface area contributed by atoms with E-state index in [1.807, 2.05) is 25.1 Å². The lowest BCUT2D eigenvalue weighted by molar-refractivity contribution is 0.0342.